The highest BCUT2D eigenvalue weighted by molar-refractivity contribution is 5.90. The summed E-state index contributed by atoms with van der Waals surface area (Å²) in [5.41, 5.74) is 2.19. The van der Waals surface area contributed by atoms with Gasteiger partial charge in [-0.3, -0.25) is 4.79 Å². The number of hydrogen-bond donors (Lipinski definition) is 1. The van der Waals surface area contributed by atoms with Gasteiger partial charge in [0.25, 0.3) is 5.91 Å². The van der Waals surface area contributed by atoms with E-state index < -0.39 is 0 Å². The van der Waals surface area contributed by atoms with Crippen molar-refractivity contribution in [2.75, 3.05) is 20.1 Å². The van der Waals surface area contributed by atoms with Crippen molar-refractivity contribution >= 4 is 18.3 Å². The lowest BCUT2D eigenvalue weighted by Crippen LogP contribution is -2.44. The second-order valence-electron chi connectivity index (χ2n) is 7.01. The number of carbonyl (C=O) groups is 1. The number of halogens is 1. The first-order chi connectivity index (χ1) is 12.0. The van der Waals surface area contributed by atoms with Gasteiger partial charge < -0.3 is 10.2 Å². The zero-order chi connectivity index (χ0) is 18.0. The van der Waals surface area contributed by atoms with Crippen molar-refractivity contribution in [2.24, 2.45) is 0 Å². The number of aryl methyl sites for hydroxylation is 1. The number of amides is 1. The van der Waals surface area contributed by atoms with E-state index in [9.17, 15) is 4.79 Å². The van der Waals surface area contributed by atoms with E-state index in [-0.39, 0.29) is 30.2 Å². The number of carbonyl (C=O) groups excluding carboxylic acids is 1. The predicted molar refractivity (Wildman–Crippen MR) is 105 cm³/mol. The smallest absolute Gasteiger partial charge is 0.293 e. The average molecular weight is 378 g/mol. The van der Waals surface area contributed by atoms with Gasteiger partial charge in [-0.15, -0.1) is 17.5 Å². The minimum atomic E-state index is -0.101. The Bertz CT molecular complexity index is 752. The lowest BCUT2D eigenvalue weighted by molar-refractivity contribution is 0.0691. The van der Waals surface area contributed by atoms with Crippen molar-refractivity contribution in [3.8, 4) is 5.69 Å². The molecule has 1 aliphatic rings. The zero-order valence-electron chi connectivity index (χ0n) is 15.9. The molecule has 1 N–H and O–H groups in total. The van der Waals surface area contributed by atoms with Crippen LogP contribution in [0.3, 0.4) is 0 Å². The van der Waals surface area contributed by atoms with Gasteiger partial charge in [0.2, 0.25) is 5.82 Å². The van der Waals surface area contributed by atoms with Crippen LogP contribution in [0.2, 0.25) is 0 Å². The van der Waals surface area contributed by atoms with Gasteiger partial charge in [-0.2, -0.15) is 0 Å². The van der Waals surface area contributed by atoms with Crippen molar-refractivity contribution in [1.29, 1.82) is 0 Å². The molecule has 0 unspecified atom stereocenters. The van der Waals surface area contributed by atoms with Gasteiger partial charge in [-0.05, 0) is 50.4 Å². The van der Waals surface area contributed by atoms with Crippen molar-refractivity contribution in [1.82, 2.24) is 25.0 Å². The molecule has 3 rings (SSSR count). The number of benzene rings is 1. The second-order valence-corrected chi connectivity index (χ2v) is 7.01. The number of aromatic nitrogens is 3. The second kappa shape index (κ2) is 8.64. The van der Waals surface area contributed by atoms with Gasteiger partial charge in [0.1, 0.15) is 5.82 Å². The number of nitrogens with zero attached hydrogens (tertiary/aromatic N) is 4. The van der Waals surface area contributed by atoms with Gasteiger partial charge in [-0.25, -0.2) is 9.67 Å². The third-order valence-corrected chi connectivity index (χ3v) is 4.92. The van der Waals surface area contributed by atoms with Crippen molar-refractivity contribution < 1.29 is 4.79 Å². The van der Waals surface area contributed by atoms with Crippen molar-refractivity contribution in [3.05, 3.63) is 41.5 Å². The molecule has 1 saturated heterocycles. The van der Waals surface area contributed by atoms with E-state index >= 15 is 0 Å². The maximum absolute atomic E-state index is 12.8. The molecular formula is C19H28ClN5O. The van der Waals surface area contributed by atoms with Gasteiger partial charge in [0.05, 0.1) is 5.69 Å². The summed E-state index contributed by atoms with van der Waals surface area (Å²) < 4.78 is 1.79. The Hall–Kier alpha value is -1.92. The number of hydrogen-bond acceptors (Lipinski definition) is 4. The average Bonchev–Trinajstić information content (AvgIpc) is 3.02. The molecule has 0 aliphatic carbocycles. The fourth-order valence-electron chi connectivity index (χ4n) is 3.40. The Morgan fingerprint density at radius 2 is 1.92 bits per heavy atom. The Kier molecular flexibility index (Phi) is 6.78. The molecule has 7 heteroatoms. The molecular weight excluding hydrogens is 350 g/mol. The maximum atomic E-state index is 12.8. The van der Waals surface area contributed by atoms with E-state index in [0.717, 1.165) is 37.4 Å². The minimum absolute atomic E-state index is 0. The maximum Gasteiger partial charge on any atom is 0.293 e. The lowest BCUT2D eigenvalue weighted by Gasteiger charge is -2.30. The first-order valence-electron chi connectivity index (χ1n) is 9.00. The van der Waals surface area contributed by atoms with Crippen LogP contribution in [0, 0.1) is 6.92 Å². The lowest BCUT2D eigenvalue weighted by atomic mass is 10.0. The molecule has 0 radical (unpaired) electrons. The quantitative estimate of drug-likeness (QED) is 0.889. The first kappa shape index (κ1) is 20.4. The summed E-state index contributed by atoms with van der Waals surface area (Å²) in [7, 11) is 1.86. The Morgan fingerprint density at radius 3 is 2.58 bits per heavy atom. The summed E-state index contributed by atoms with van der Waals surface area (Å²) in [6.07, 6.45) is 1.94. The van der Waals surface area contributed by atoms with E-state index in [1.165, 1.54) is 5.56 Å². The van der Waals surface area contributed by atoms with Crippen LogP contribution in [-0.2, 0) is 0 Å². The highest BCUT2D eigenvalue weighted by Gasteiger charge is 2.26. The number of rotatable bonds is 4. The summed E-state index contributed by atoms with van der Waals surface area (Å²) in [5, 5.41) is 7.86. The van der Waals surface area contributed by atoms with Crippen LogP contribution in [-0.4, -0.2) is 51.8 Å². The molecule has 1 amide bonds. The normalized spacial score (nSPS) is 15.0. The molecule has 1 aliphatic heterocycles. The summed E-state index contributed by atoms with van der Waals surface area (Å²) in [6, 6.07) is 8.41. The number of nitrogens with one attached hydrogen (secondary N) is 1. The summed E-state index contributed by atoms with van der Waals surface area (Å²) in [6.45, 7) is 8.10. The molecule has 0 spiro atoms. The van der Waals surface area contributed by atoms with E-state index in [0.29, 0.717) is 5.92 Å². The van der Waals surface area contributed by atoms with Gasteiger partial charge in [0, 0.05) is 13.1 Å². The summed E-state index contributed by atoms with van der Waals surface area (Å²) >= 11 is 0. The molecule has 26 heavy (non-hydrogen) atoms. The fourth-order valence-corrected chi connectivity index (χ4v) is 3.40. The molecule has 1 aromatic carbocycles. The SMILES string of the molecule is Cc1nc(C(=O)N(C)C2CCNCC2)nn1-c1ccccc1C(C)C.Cl. The van der Waals surface area contributed by atoms with Crippen LogP contribution >= 0.6 is 12.4 Å². The zero-order valence-corrected chi connectivity index (χ0v) is 16.7. The Morgan fingerprint density at radius 1 is 1.27 bits per heavy atom. The third kappa shape index (κ3) is 4.07. The minimum Gasteiger partial charge on any atom is -0.336 e. The van der Waals surface area contributed by atoms with Crippen LogP contribution in [0.1, 0.15) is 54.6 Å². The first-order valence-corrected chi connectivity index (χ1v) is 9.00. The molecule has 0 bridgehead atoms. The topological polar surface area (TPSA) is 63.1 Å². The molecule has 2 heterocycles. The molecule has 0 saturated carbocycles. The van der Waals surface area contributed by atoms with Gasteiger partial charge in [-0.1, -0.05) is 32.0 Å². The molecule has 6 nitrogen and oxygen atoms in total. The summed E-state index contributed by atoms with van der Waals surface area (Å²) in [5.74, 6) is 1.28. The van der Waals surface area contributed by atoms with E-state index in [1.807, 2.05) is 32.2 Å². The summed E-state index contributed by atoms with van der Waals surface area (Å²) in [4.78, 5) is 19.1. The standard InChI is InChI=1S/C19H27N5O.ClH/c1-13(2)16-7-5-6-8-17(16)24-14(3)21-18(22-24)19(25)23(4)15-9-11-20-12-10-15;/h5-8,13,15,20H,9-12H2,1-4H3;1H. The van der Waals surface area contributed by atoms with Crippen LogP contribution < -0.4 is 5.32 Å². The Balaban J connectivity index is 0.00000243. The monoisotopic (exact) mass is 377 g/mol. The van der Waals surface area contributed by atoms with Crippen LogP contribution in [0.5, 0.6) is 0 Å². The molecule has 2 aromatic rings. The van der Waals surface area contributed by atoms with Crippen LogP contribution in [0.25, 0.3) is 5.69 Å². The third-order valence-electron chi connectivity index (χ3n) is 4.92. The van der Waals surface area contributed by atoms with Crippen LogP contribution in [0.15, 0.2) is 24.3 Å². The van der Waals surface area contributed by atoms with Crippen molar-refractivity contribution in [3.63, 3.8) is 0 Å². The van der Waals surface area contributed by atoms with Crippen LogP contribution in [0.4, 0.5) is 0 Å². The Labute approximate surface area is 161 Å². The van der Waals surface area contributed by atoms with E-state index in [1.54, 1.807) is 9.58 Å². The van der Waals surface area contributed by atoms with E-state index in [2.05, 4.69) is 35.3 Å². The van der Waals surface area contributed by atoms with Gasteiger partial charge in [0.15, 0.2) is 0 Å². The fraction of sp³-hybridized carbons (Fsp3) is 0.526. The molecule has 1 aromatic heterocycles. The van der Waals surface area contributed by atoms with Crippen molar-refractivity contribution in [2.45, 2.75) is 45.6 Å². The molecule has 0 atom stereocenters. The molecule has 142 valence electrons. The van der Waals surface area contributed by atoms with E-state index in [4.69, 9.17) is 0 Å². The number of para-hydroxylation sites is 1. The largest absolute Gasteiger partial charge is 0.336 e. The highest BCUT2D eigenvalue weighted by Crippen LogP contribution is 2.23. The predicted octanol–water partition coefficient (Wildman–Crippen LogP) is 2.94. The molecule has 1 fully saturated rings. The highest BCUT2D eigenvalue weighted by atomic mass is 35.5. The van der Waals surface area contributed by atoms with Gasteiger partial charge >= 0.3 is 0 Å². The number of piperidine rings is 1.